The summed E-state index contributed by atoms with van der Waals surface area (Å²) in [6.45, 7) is 1.91. The molecule has 0 saturated heterocycles. The van der Waals surface area contributed by atoms with Gasteiger partial charge in [0.05, 0.1) is 7.11 Å². The monoisotopic (exact) mass is 215 g/mol. The second-order valence-electron chi connectivity index (χ2n) is 2.86. The summed E-state index contributed by atoms with van der Waals surface area (Å²) in [5.41, 5.74) is 7.49. The van der Waals surface area contributed by atoms with E-state index in [1.165, 1.54) is 7.11 Å². The number of hydrogen-bond donors (Lipinski definition) is 1. The molecule has 0 radical (unpaired) electrons. The van der Waals surface area contributed by atoms with Crippen LogP contribution in [-0.4, -0.2) is 13.1 Å². The van der Waals surface area contributed by atoms with Gasteiger partial charge in [-0.1, -0.05) is 24.3 Å². The van der Waals surface area contributed by atoms with Gasteiger partial charge < -0.3 is 10.5 Å². The van der Waals surface area contributed by atoms with E-state index in [1.807, 2.05) is 31.2 Å². The van der Waals surface area contributed by atoms with Gasteiger partial charge in [-0.3, -0.25) is 4.79 Å². The first-order valence-electron chi connectivity index (χ1n) is 4.05. The van der Waals surface area contributed by atoms with Crippen LogP contribution in [0.5, 0.6) is 0 Å². The highest BCUT2D eigenvalue weighted by molar-refractivity contribution is 5.85. The van der Waals surface area contributed by atoms with Crippen LogP contribution in [-0.2, 0) is 9.53 Å². The molecule has 4 heteroatoms. The standard InChI is InChI=1S/C10H13NO2.ClH/c1-7-5-3-4-6-8(7)9(11)10(12)13-2;/h3-6,9H,11H2,1-2H3;1H/t9-;/m1./s1. The fourth-order valence-corrected chi connectivity index (χ4v) is 1.19. The molecule has 1 aromatic carbocycles. The van der Waals surface area contributed by atoms with Crippen LogP contribution in [0.3, 0.4) is 0 Å². The van der Waals surface area contributed by atoms with Crippen LogP contribution in [0.25, 0.3) is 0 Å². The molecule has 0 aliphatic carbocycles. The maximum absolute atomic E-state index is 11.1. The number of esters is 1. The van der Waals surface area contributed by atoms with Crippen LogP contribution in [0, 0.1) is 6.92 Å². The Bertz CT molecular complexity index is 315. The molecular formula is C10H14ClNO2. The summed E-state index contributed by atoms with van der Waals surface area (Å²) in [6.07, 6.45) is 0. The maximum Gasteiger partial charge on any atom is 0.327 e. The molecule has 0 amide bonds. The average Bonchev–Trinajstić information content (AvgIpc) is 2.16. The fourth-order valence-electron chi connectivity index (χ4n) is 1.19. The zero-order valence-electron chi connectivity index (χ0n) is 8.19. The van der Waals surface area contributed by atoms with E-state index < -0.39 is 12.0 Å². The van der Waals surface area contributed by atoms with Crippen molar-refractivity contribution in [3.63, 3.8) is 0 Å². The minimum absolute atomic E-state index is 0. The quantitative estimate of drug-likeness (QED) is 0.763. The minimum Gasteiger partial charge on any atom is -0.468 e. The molecule has 1 atom stereocenters. The Morgan fingerprint density at radius 2 is 2.00 bits per heavy atom. The lowest BCUT2D eigenvalue weighted by Crippen LogP contribution is -2.23. The zero-order chi connectivity index (χ0) is 9.84. The number of rotatable bonds is 2. The molecule has 78 valence electrons. The molecule has 0 bridgehead atoms. The molecule has 0 aliphatic heterocycles. The van der Waals surface area contributed by atoms with Crippen molar-refractivity contribution < 1.29 is 9.53 Å². The van der Waals surface area contributed by atoms with Gasteiger partial charge in [0.15, 0.2) is 0 Å². The molecule has 1 aromatic rings. The van der Waals surface area contributed by atoms with Gasteiger partial charge in [-0.15, -0.1) is 12.4 Å². The second kappa shape index (κ2) is 5.62. The Labute approximate surface area is 89.7 Å². The van der Waals surface area contributed by atoms with Gasteiger partial charge in [-0.25, -0.2) is 0 Å². The first-order chi connectivity index (χ1) is 6.16. The van der Waals surface area contributed by atoms with Crippen LogP contribution in [0.1, 0.15) is 17.2 Å². The van der Waals surface area contributed by atoms with Crippen molar-refractivity contribution in [3.8, 4) is 0 Å². The number of benzene rings is 1. The minimum atomic E-state index is -0.675. The van der Waals surface area contributed by atoms with Crippen LogP contribution in [0.2, 0.25) is 0 Å². The maximum atomic E-state index is 11.1. The van der Waals surface area contributed by atoms with Gasteiger partial charge >= 0.3 is 5.97 Å². The number of carbonyl (C=O) groups is 1. The molecule has 3 nitrogen and oxygen atoms in total. The van der Waals surface area contributed by atoms with E-state index in [0.29, 0.717) is 0 Å². The van der Waals surface area contributed by atoms with Gasteiger partial charge in [0.2, 0.25) is 0 Å². The Morgan fingerprint density at radius 1 is 1.43 bits per heavy atom. The Hall–Kier alpha value is -1.06. The third-order valence-electron chi connectivity index (χ3n) is 1.98. The number of aryl methyl sites for hydroxylation is 1. The highest BCUT2D eigenvalue weighted by atomic mass is 35.5. The van der Waals surface area contributed by atoms with E-state index >= 15 is 0 Å². The predicted molar refractivity (Wildman–Crippen MR) is 57.4 cm³/mol. The summed E-state index contributed by atoms with van der Waals surface area (Å²) in [5, 5.41) is 0. The highest BCUT2D eigenvalue weighted by Gasteiger charge is 2.17. The largest absolute Gasteiger partial charge is 0.468 e. The molecule has 0 fully saturated rings. The van der Waals surface area contributed by atoms with Gasteiger partial charge in [-0.05, 0) is 18.1 Å². The van der Waals surface area contributed by atoms with E-state index in [-0.39, 0.29) is 12.4 Å². The van der Waals surface area contributed by atoms with Crippen molar-refractivity contribution in [3.05, 3.63) is 35.4 Å². The van der Waals surface area contributed by atoms with Crippen LogP contribution in [0.4, 0.5) is 0 Å². The van der Waals surface area contributed by atoms with E-state index in [0.717, 1.165) is 11.1 Å². The topological polar surface area (TPSA) is 52.3 Å². The van der Waals surface area contributed by atoms with Crippen LogP contribution < -0.4 is 5.73 Å². The summed E-state index contributed by atoms with van der Waals surface area (Å²) in [5.74, 6) is -0.408. The van der Waals surface area contributed by atoms with Crippen molar-refractivity contribution in [2.24, 2.45) is 5.73 Å². The summed E-state index contributed by atoms with van der Waals surface area (Å²) >= 11 is 0. The van der Waals surface area contributed by atoms with Gasteiger partial charge in [0.25, 0.3) is 0 Å². The van der Waals surface area contributed by atoms with Crippen molar-refractivity contribution in [2.75, 3.05) is 7.11 Å². The number of nitrogens with two attached hydrogens (primary N) is 1. The van der Waals surface area contributed by atoms with Crippen molar-refractivity contribution in [1.82, 2.24) is 0 Å². The van der Waals surface area contributed by atoms with Crippen molar-refractivity contribution >= 4 is 18.4 Å². The Kier molecular flexibility index (Phi) is 5.20. The number of carbonyl (C=O) groups excluding carboxylic acids is 1. The zero-order valence-corrected chi connectivity index (χ0v) is 9.01. The second-order valence-corrected chi connectivity index (χ2v) is 2.86. The van der Waals surface area contributed by atoms with Gasteiger partial charge in [0.1, 0.15) is 6.04 Å². The molecule has 0 saturated carbocycles. The molecule has 0 heterocycles. The van der Waals surface area contributed by atoms with E-state index in [4.69, 9.17) is 5.73 Å². The molecular weight excluding hydrogens is 202 g/mol. The fraction of sp³-hybridized carbons (Fsp3) is 0.300. The first kappa shape index (κ1) is 12.9. The smallest absolute Gasteiger partial charge is 0.327 e. The number of methoxy groups -OCH3 is 1. The number of ether oxygens (including phenoxy) is 1. The summed E-state index contributed by atoms with van der Waals surface area (Å²) in [6, 6.07) is 6.83. The molecule has 2 N–H and O–H groups in total. The Balaban J connectivity index is 0.00000169. The van der Waals surface area contributed by atoms with Crippen LogP contribution in [0.15, 0.2) is 24.3 Å². The van der Waals surface area contributed by atoms with Crippen molar-refractivity contribution in [1.29, 1.82) is 0 Å². The van der Waals surface area contributed by atoms with E-state index in [9.17, 15) is 4.79 Å². The molecule has 14 heavy (non-hydrogen) atoms. The third kappa shape index (κ3) is 2.72. The lowest BCUT2D eigenvalue weighted by molar-refractivity contribution is -0.142. The molecule has 0 aromatic heterocycles. The van der Waals surface area contributed by atoms with Gasteiger partial charge in [-0.2, -0.15) is 0 Å². The third-order valence-corrected chi connectivity index (χ3v) is 1.98. The molecule has 0 aliphatic rings. The lowest BCUT2D eigenvalue weighted by Gasteiger charge is -2.11. The lowest BCUT2D eigenvalue weighted by atomic mass is 10.0. The molecule has 0 unspecified atom stereocenters. The van der Waals surface area contributed by atoms with Crippen molar-refractivity contribution in [2.45, 2.75) is 13.0 Å². The summed E-state index contributed by atoms with van der Waals surface area (Å²) in [7, 11) is 1.33. The normalized spacial score (nSPS) is 11.4. The summed E-state index contributed by atoms with van der Waals surface area (Å²) in [4.78, 5) is 11.1. The first-order valence-corrected chi connectivity index (χ1v) is 4.05. The SMILES string of the molecule is COC(=O)[C@H](N)c1ccccc1C.Cl. The van der Waals surface area contributed by atoms with Gasteiger partial charge in [0, 0.05) is 0 Å². The van der Waals surface area contributed by atoms with E-state index in [1.54, 1.807) is 0 Å². The van der Waals surface area contributed by atoms with Crippen LogP contribution >= 0.6 is 12.4 Å². The molecule has 0 spiro atoms. The predicted octanol–water partition coefficient (Wildman–Crippen LogP) is 1.59. The number of hydrogen-bond acceptors (Lipinski definition) is 3. The summed E-state index contributed by atoms with van der Waals surface area (Å²) < 4.78 is 4.56. The van der Waals surface area contributed by atoms with E-state index in [2.05, 4.69) is 4.74 Å². The average molecular weight is 216 g/mol. The molecule has 1 rings (SSSR count). The highest BCUT2D eigenvalue weighted by Crippen LogP contribution is 2.15. The number of halogens is 1. The Morgan fingerprint density at radius 3 is 2.50 bits per heavy atom.